The van der Waals surface area contributed by atoms with Crippen molar-refractivity contribution >= 4 is 10.1 Å². The standard InChI is InChI=1S/C34H47NO6S/c1-21(2)29-17-14-24(6)18-31(29)39-20-32(41-42(36,37)28-15-12-23(5)13-16-28)35(10)19-30-27(9)33(40-22(3)4)25(7)26(8)34(30)38-11/h12-18,21-22,32H,19-20H2,1-11H3. The van der Waals surface area contributed by atoms with Crippen LogP contribution in [0.4, 0.5) is 0 Å². The first-order valence-corrected chi connectivity index (χ1v) is 15.8. The first kappa shape index (κ1) is 33.4. The maximum atomic E-state index is 13.5. The number of hydrogen-bond acceptors (Lipinski definition) is 7. The van der Waals surface area contributed by atoms with Crippen molar-refractivity contribution < 1.29 is 26.8 Å². The highest BCUT2D eigenvalue weighted by Gasteiger charge is 2.29. The van der Waals surface area contributed by atoms with Gasteiger partial charge in [-0.1, -0.05) is 43.7 Å². The summed E-state index contributed by atoms with van der Waals surface area (Å²) in [6.45, 7) is 18.5. The highest BCUT2D eigenvalue weighted by atomic mass is 32.2. The van der Waals surface area contributed by atoms with E-state index in [-0.39, 0.29) is 23.5 Å². The number of likely N-dealkylation sites (N-methyl/N-ethyl adjacent to an activating group) is 1. The Balaban J connectivity index is 2.03. The lowest BCUT2D eigenvalue weighted by Gasteiger charge is -2.30. The lowest BCUT2D eigenvalue weighted by atomic mass is 9.96. The summed E-state index contributed by atoms with van der Waals surface area (Å²) in [6.07, 6.45) is -0.939. The fraction of sp³-hybridized carbons (Fsp3) is 0.471. The van der Waals surface area contributed by atoms with Crippen LogP contribution in [-0.4, -0.2) is 46.4 Å². The quantitative estimate of drug-likeness (QED) is 0.150. The number of rotatable bonds is 13. The van der Waals surface area contributed by atoms with E-state index in [4.69, 9.17) is 18.4 Å². The van der Waals surface area contributed by atoms with E-state index in [2.05, 4.69) is 26.0 Å². The molecule has 0 heterocycles. The molecule has 0 aromatic heterocycles. The van der Waals surface area contributed by atoms with Crippen molar-refractivity contribution in [3.8, 4) is 17.2 Å². The van der Waals surface area contributed by atoms with Gasteiger partial charge in [-0.3, -0.25) is 4.90 Å². The van der Waals surface area contributed by atoms with Crippen molar-refractivity contribution in [3.63, 3.8) is 0 Å². The summed E-state index contributed by atoms with van der Waals surface area (Å²) in [6, 6.07) is 12.7. The molecule has 42 heavy (non-hydrogen) atoms. The number of ether oxygens (including phenoxy) is 3. The zero-order valence-electron chi connectivity index (χ0n) is 27.0. The van der Waals surface area contributed by atoms with Crippen molar-refractivity contribution in [1.29, 1.82) is 0 Å². The molecule has 0 N–H and O–H groups in total. The Morgan fingerprint density at radius 1 is 0.810 bits per heavy atom. The normalized spacial score (nSPS) is 12.7. The predicted octanol–water partition coefficient (Wildman–Crippen LogP) is 7.39. The highest BCUT2D eigenvalue weighted by Crippen LogP contribution is 2.39. The van der Waals surface area contributed by atoms with E-state index in [1.54, 1.807) is 31.4 Å². The van der Waals surface area contributed by atoms with Gasteiger partial charge in [0.1, 0.15) is 23.9 Å². The third-order valence-electron chi connectivity index (χ3n) is 7.49. The smallest absolute Gasteiger partial charge is 0.298 e. The van der Waals surface area contributed by atoms with Gasteiger partial charge in [0.2, 0.25) is 0 Å². The Morgan fingerprint density at radius 3 is 1.98 bits per heavy atom. The topological polar surface area (TPSA) is 74.3 Å². The van der Waals surface area contributed by atoms with Crippen LogP contribution in [0, 0.1) is 34.6 Å². The zero-order valence-corrected chi connectivity index (χ0v) is 27.8. The Morgan fingerprint density at radius 2 is 1.40 bits per heavy atom. The van der Waals surface area contributed by atoms with E-state index in [1.807, 2.05) is 66.5 Å². The fourth-order valence-corrected chi connectivity index (χ4v) is 6.00. The Bertz CT molecular complexity index is 1480. The van der Waals surface area contributed by atoms with Crippen LogP contribution in [-0.2, 0) is 20.8 Å². The van der Waals surface area contributed by atoms with Gasteiger partial charge in [0.05, 0.1) is 18.1 Å². The van der Waals surface area contributed by atoms with Gasteiger partial charge in [-0.15, -0.1) is 0 Å². The van der Waals surface area contributed by atoms with Crippen LogP contribution in [0.5, 0.6) is 17.2 Å². The van der Waals surface area contributed by atoms with Crippen LogP contribution < -0.4 is 14.2 Å². The molecule has 0 saturated heterocycles. The molecule has 230 valence electrons. The van der Waals surface area contributed by atoms with Crippen LogP contribution in [0.25, 0.3) is 0 Å². The number of hydrogen-bond donors (Lipinski definition) is 0. The minimum atomic E-state index is -4.09. The molecule has 1 atom stereocenters. The van der Waals surface area contributed by atoms with Gasteiger partial charge in [0.25, 0.3) is 10.1 Å². The van der Waals surface area contributed by atoms with Crippen molar-refractivity contribution in [2.45, 2.75) is 92.0 Å². The predicted molar refractivity (Wildman–Crippen MR) is 168 cm³/mol. The molecule has 3 aromatic carbocycles. The Labute approximate surface area is 252 Å². The number of methoxy groups -OCH3 is 1. The molecule has 3 rings (SSSR count). The van der Waals surface area contributed by atoms with Gasteiger partial charge >= 0.3 is 0 Å². The molecule has 3 aromatic rings. The third-order valence-corrected chi connectivity index (χ3v) is 8.81. The third kappa shape index (κ3) is 7.85. The SMILES string of the molecule is COc1c(C)c(C)c(OC(C)C)c(C)c1CN(C)C(COc1cc(C)ccc1C(C)C)OS(=O)(=O)c1ccc(C)cc1. The van der Waals surface area contributed by atoms with Crippen molar-refractivity contribution in [2.75, 3.05) is 20.8 Å². The molecule has 0 fully saturated rings. The number of benzene rings is 3. The second-order valence-corrected chi connectivity index (χ2v) is 13.2. The van der Waals surface area contributed by atoms with Gasteiger partial charge in [-0.05, 0) is 107 Å². The minimum Gasteiger partial charge on any atom is -0.496 e. The zero-order chi connectivity index (χ0) is 31.4. The number of nitrogens with zero attached hydrogens (tertiary/aromatic N) is 1. The molecule has 0 aliphatic rings. The second kappa shape index (κ2) is 13.9. The van der Waals surface area contributed by atoms with Crippen LogP contribution in [0.15, 0.2) is 47.4 Å². The lowest BCUT2D eigenvalue weighted by molar-refractivity contribution is 0.00652. The summed E-state index contributed by atoms with van der Waals surface area (Å²) in [7, 11) is -0.616. The molecular weight excluding hydrogens is 550 g/mol. The van der Waals surface area contributed by atoms with Crippen molar-refractivity contribution in [1.82, 2.24) is 4.90 Å². The van der Waals surface area contributed by atoms with Crippen molar-refractivity contribution in [3.05, 3.63) is 81.4 Å². The lowest BCUT2D eigenvalue weighted by Crippen LogP contribution is -2.40. The summed E-state index contributed by atoms with van der Waals surface area (Å²) in [5, 5.41) is 0. The Hall–Kier alpha value is -3.07. The van der Waals surface area contributed by atoms with E-state index in [0.717, 1.165) is 50.4 Å². The second-order valence-electron chi connectivity index (χ2n) is 11.6. The van der Waals surface area contributed by atoms with Gasteiger partial charge in [-0.25, -0.2) is 4.18 Å². The summed E-state index contributed by atoms with van der Waals surface area (Å²) in [5.41, 5.74) is 6.90. The van der Waals surface area contributed by atoms with E-state index >= 15 is 0 Å². The molecule has 0 bridgehead atoms. The molecule has 0 aliphatic heterocycles. The summed E-state index contributed by atoms with van der Waals surface area (Å²) in [4.78, 5) is 1.94. The van der Waals surface area contributed by atoms with Gasteiger partial charge in [0.15, 0.2) is 6.23 Å². The largest absolute Gasteiger partial charge is 0.496 e. The maximum absolute atomic E-state index is 13.5. The average Bonchev–Trinajstić information content (AvgIpc) is 2.92. The van der Waals surface area contributed by atoms with Gasteiger partial charge in [-0.2, -0.15) is 8.42 Å². The van der Waals surface area contributed by atoms with E-state index in [0.29, 0.717) is 12.3 Å². The van der Waals surface area contributed by atoms with Crippen LogP contribution in [0.3, 0.4) is 0 Å². The van der Waals surface area contributed by atoms with Crippen LogP contribution in [0.2, 0.25) is 0 Å². The first-order chi connectivity index (χ1) is 19.7. The molecule has 0 amide bonds. The molecule has 0 aliphatic carbocycles. The average molecular weight is 598 g/mol. The maximum Gasteiger partial charge on any atom is 0.298 e. The molecular formula is C34H47NO6S. The van der Waals surface area contributed by atoms with Crippen molar-refractivity contribution in [2.24, 2.45) is 0 Å². The molecule has 1 unspecified atom stereocenters. The van der Waals surface area contributed by atoms with Gasteiger partial charge in [0, 0.05) is 12.1 Å². The minimum absolute atomic E-state index is 0.00519. The molecule has 0 saturated carbocycles. The van der Waals surface area contributed by atoms with E-state index in [1.165, 1.54) is 0 Å². The summed E-state index contributed by atoms with van der Waals surface area (Å²) in [5.74, 6) is 2.51. The molecule has 0 spiro atoms. The van der Waals surface area contributed by atoms with Crippen LogP contribution in [0.1, 0.15) is 72.6 Å². The first-order valence-electron chi connectivity index (χ1n) is 14.4. The van der Waals surface area contributed by atoms with Crippen LogP contribution >= 0.6 is 0 Å². The molecule has 8 heteroatoms. The summed E-state index contributed by atoms with van der Waals surface area (Å²) >= 11 is 0. The fourth-order valence-electron chi connectivity index (χ4n) is 4.93. The van der Waals surface area contributed by atoms with E-state index in [9.17, 15) is 8.42 Å². The highest BCUT2D eigenvalue weighted by molar-refractivity contribution is 7.86. The Kier molecular flexibility index (Phi) is 11.1. The van der Waals surface area contributed by atoms with E-state index < -0.39 is 16.3 Å². The monoisotopic (exact) mass is 597 g/mol. The molecule has 0 radical (unpaired) electrons. The molecule has 7 nitrogen and oxygen atoms in total. The number of aryl methyl sites for hydroxylation is 2. The van der Waals surface area contributed by atoms with Gasteiger partial charge < -0.3 is 14.2 Å². The summed E-state index contributed by atoms with van der Waals surface area (Å²) < 4.78 is 51.3.